The molecule has 1 N–H and O–H groups in total. The van der Waals surface area contributed by atoms with E-state index in [4.69, 9.17) is 0 Å². The van der Waals surface area contributed by atoms with Gasteiger partial charge in [-0.1, -0.05) is 37.3 Å². The molecule has 0 bridgehead atoms. The number of thioether (sulfide) groups is 1. The minimum atomic E-state index is -0.381. The Balaban J connectivity index is 1.54. The molecular weight excluding hydrogens is 302 g/mol. The van der Waals surface area contributed by atoms with Crippen LogP contribution in [-0.2, 0) is 6.42 Å². The zero-order valence-electron chi connectivity index (χ0n) is 13.7. The Morgan fingerprint density at radius 3 is 2.70 bits per heavy atom. The van der Waals surface area contributed by atoms with Gasteiger partial charge in [-0.3, -0.25) is 0 Å². The Hall–Kier alpha value is -1.45. The van der Waals surface area contributed by atoms with Gasteiger partial charge in [0.2, 0.25) is 0 Å². The minimum absolute atomic E-state index is 0.381. The van der Waals surface area contributed by atoms with Gasteiger partial charge in [0.05, 0.1) is 6.10 Å². The number of aliphatic hydroxyl groups is 1. The molecule has 1 unspecified atom stereocenters. The van der Waals surface area contributed by atoms with Crippen molar-refractivity contribution in [1.82, 2.24) is 0 Å². The fraction of sp³-hybridized carbons (Fsp3) is 0.400. The maximum Gasteiger partial charge on any atom is 0.0806 e. The van der Waals surface area contributed by atoms with E-state index in [2.05, 4.69) is 60.4 Å². The zero-order valence-corrected chi connectivity index (χ0v) is 14.6. The normalized spacial score (nSPS) is 14.8. The highest BCUT2D eigenvalue weighted by Crippen LogP contribution is 2.29. The monoisotopic (exact) mass is 327 g/mol. The molecule has 0 saturated carbocycles. The number of nitrogens with zero attached hydrogens (tertiary/aromatic N) is 1. The Labute approximate surface area is 143 Å². The second-order valence-corrected chi connectivity index (χ2v) is 7.26. The standard InChI is InChI=1S/C20H25NOS/c1-2-15-23-18-9-7-17(8-10-18)20(22)12-14-21-13-11-16-5-3-4-6-19(16)21/h3-10,20,22H,2,11-15H2,1H3. The maximum atomic E-state index is 10.5. The molecule has 122 valence electrons. The van der Waals surface area contributed by atoms with Gasteiger partial charge in [0.15, 0.2) is 0 Å². The molecule has 0 radical (unpaired) electrons. The molecule has 0 aliphatic carbocycles. The fourth-order valence-corrected chi connectivity index (χ4v) is 3.86. The molecule has 1 atom stereocenters. The van der Waals surface area contributed by atoms with Gasteiger partial charge in [-0.05, 0) is 54.3 Å². The smallest absolute Gasteiger partial charge is 0.0806 e. The Bertz CT molecular complexity index is 626. The molecular formula is C20H25NOS. The molecule has 0 spiro atoms. The van der Waals surface area contributed by atoms with Gasteiger partial charge < -0.3 is 10.0 Å². The molecule has 2 nitrogen and oxygen atoms in total. The van der Waals surface area contributed by atoms with Crippen molar-refractivity contribution < 1.29 is 5.11 Å². The van der Waals surface area contributed by atoms with E-state index in [1.807, 2.05) is 11.8 Å². The SMILES string of the molecule is CCCSc1ccc(C(O)CCN2CCc3ccccc32)cc1. The van der Waals surface area contributed by atoms with E-state index in [0.29, 0.717) is 0 Å². The summed E-state index contributed by atoms with van der Waals surface area (Å²) in [6, 6.07) is 17.0. The predicted molar refractivity (Wildman–Crippen MR) is 99.4 cm³/mol. The van der Waals surface area contributed by atoms with Crippen molar-refractivity contribution in [3.63, 3.8) is 0 Å². The first-order valence-corrected chi connectivity index (χ1v) is 9.50. The third-order valence-corrected chi connectivity index (χ3v) is 5.61. The van der Waals surface area contributed by atoms with Crippen LogP contribution < -0.4 is 4.90 Å². The third-order valence-electron chi connectivity index (χ3n) is 4.39. The summed E-state index contributed by atoms with van der Waals surface area (Å²) in [7, 11) is 0. The van der Waals surface area contributed by atoms with Crippen molar-refractivity contribution in [3.05, 3.63) is 59.7 Å². The number of rotatable bonds is 7. The molecule has 2 aromatic rings. The molecule has 3 heteroatoms. The first kappa shape index (κ1) is 16.4. The summed E-state index contributed by atoms with van der Waals surface area (Å²) in [6.45, 7) is 4.17. The third kappa shape index (κ3) is 4.10. The number of anilines is 1. The van der Waals surface area contributed by atoms with Crippen LogP contribution in [-0.4, -0.2) is 23.9 Å². The molecule has 3 rings (SSSR count). The summed E-state index contributed by atoms with van der Waals surface area (Å²) in [5.74, 6) is 1.15. The van der Waals surface area contributed by atoms with Gasteiger partial charge in [-0.25, -0.2) is 0 Å². The van der Waals surface area contributed by atoms with Gasteiger partial charge in [-0.15, -0.1) is 11.8 Å². The lowest BCUT2D eigenvalue weighted by atomic mass is 10.1. The van der Waals surface area contributed by atoms with Gasteiger partial charge in [0, 0.05) is 23.7 Å². The average Bonchev–Trinajstić information content (AvgIpc) is 3.01. The van der Waals surface area contributed by atoms with E-state index in [1.54, 1.807) is 0 Å². The van der Waals surface area contributed by atoms with Crippen LogP contribution in [0.1, 0.15) is 37.0 Å². The average molecular weight is 327 g/mol. The van der Waals surface area contributed by atoms with Crippen LogP contribution in [0.15, 0.2) is 53.4 Å². The molecule has 1 aliphatic rings. The highest BCUT2D eigenvalue weighted by molar-refractivity contribution is 7.99. The molecule has 23 heavy (non-hydrogen) atoms. The van der Waals surface area contributed by atoms with E-state index < -0.39 is 0 Å². The van der Waals surface area contributed by atoms with E-state index >= 15 is 0 Å². The van der Waals surface area contributed by atoms with Crippen LogP contribution in [0.5, 0.6) is 0 Å². The fourth-order valence-electron chi connectivity index (χ4n) is 3.09. The molecule has 2 aromatic carbocycles. The summed E-state index contributed by atoms with van der Waals surface area (Å²) in [5.41, 5.74) is 3.80. The summed E-state index contributed by atoms with van der Waals surface area (Å²) in [5, 5.41) is 10.5. The summed E-state index contributed by atoms with van der Waals surface area (Å²) in [6.07, 6.45) is 2.70. The van der Waals surface area contributed by atoms with Crippen LogP contribution >= 0.6 is 11.8 Å². The molecule has 1 aliphatic heterocycles. The van der Waals surface area contributed by atoms with Gasteiger partial charge >= 0.3 is 0 Å². The van der Waals surface area contributed by atoms with Crippen molar-refractivity contribution in [2.75, 3.05) is 23.7 Å². The molecule has 1 heterocycles. The van der Waals surface area contributed by atoms with Crippen molar-refractivity contribution >= 4 is 17.4 Å². The van der Waals surface area contributed by atoms with Crippen molar-refractivity contribution in [3.8, 4) is 0 Å². The van der Waals surface area contributed by atoms with Gasteiger partial charge in [0.25, 0.3) is 0 Å². The highest BCUT2D eigenvalue weighted by atomic mass is 32.2. The molecule has 0 fully saturated rings. The Kier molecular flexibility index (Phi) is 5.63. The van der Waals surface area contributed by atoms with Crippen LogP contribution in [0.3, 0.4) is 0 Å². The maximum absolute atomic E-state index is 10.5. The lowest BCUT2D eigenvalue weighted by Gasteiger charge is -2.21. The summed E-state index contributed by atoms with van der Waals surface area (Å²) in [4.78, 5) is 3.68. The lowest BCUT2D eigenvalue weighted by molar-refractivity contribution is 0.169. The van der Waals surface area contributed by atoms with E-state index in [-0.39, 0.29) is 6.10 Å². The van der Waals surface area contributed by atoms with E-state index in [1.165, 1.54) is 22.6 Å². The first-order valence-electron chi connectivity index (χ1n) is 8.51. The quantitative estimate of drug-likeness (QED) is 0.747. The Morgan fingerprint density at radius 1 is 1.13 bits per heavy atom. The van der Waals surface area contributed by atoms with Crippen LogP contribution in [0, 0.1) is 0 Å². The van der Waals surface area contributed by atoms with Crippen LogP contribution in [0.25, 0.3) is 0 Å². The second-order valence-electron chi connectivity index (χ2n) is 6.09. The summed E-state index contributed by atoms with van der Waals surface area (Å²) < 4.78 is 0. The van der Waals surface area contributed by atoms with Crippen molar-refractivity contribution in [2.24, 2.45) is 0 Å². The van der Waals surface area contributed by atoms with Gasteiger partial charge in [0.1, 0.15) is 0 Å². The number of benzene rings is 2. The van der Waals surface area contributed by atoms with Crippen LogP contribution in [0.4, 0.5) is 5.69 Å². The molecule has 0 saturated heterocycles. The number of hydrogen-bond donors (Lipinski definition) is 1. The van der Waals surface area contributed by atoms with E-state index in [0.717, 1.165) is 37.2 Å². The number of hydrogen-bond acceptors (Lipinski definition) is 3. The number of para-hydroxylation sites is 1. The number of aliphatic hydroxyl groups excluding tert-OH is 1. The van der Waals surface area contributed by atoms with Crippen molar-refractivity contribution in [1.29, 1.82) is 0 Å². The second kappa shape index (κ2) is 7.89. The number of fused-ring (bicyclic) bond motifs is 1. The minimum Gasteiger partial charge on any atom is -0.388 e. The molecule has 0 aromatic heterocycles. The van der Waals surface area contributed by atoms with E-state index in [9.17, 15) is 5.11 Å². The van der Waals surface area contributed by atoms with Gasteiger partial charge in [-0.2, -0.15) is 0 Å². The molecule has 0 amide bonds. The van der Waals surface area contributed by atoms with Crippen LogP contribution in [0.2, 0.25) is 0 Å². The first-order chi connectivity index (χ1) is 11.3. The van der Waals surface area contributed by atoms with Crippen molar-refractivity contribution in [2.45, 2.75) is 37.2 Å². The zero-order chi connectivity index (χ0) is 16.1. The lowest BCUT2D eigenvalue weighted by Crippen LogP contribution is -2.23. The summed E-state index contributed by atoms with van der Waals surface area (Å²) >= 11 is 1.88. The Morgan fingerprint density at radius 2 is 1.91 bits per heavy atom. The largest absolute Gasteiger partial charge is 0.388 e. The predicted octanol–water partition coefficient (Wildman–Crippen LogP) is 4.67. The topological polar surface area (TPSA) is 23.5 Å². The highest BCUT2D eigenvalue weighted by Gasteiger charge is 2.19.